The smallest absolute Gasteiger partial charge is 0.203 e. The van der Waals surface area contributed by atoms with Crippen LogP contribution >= 0.6 is 23.2 Å². The third-order valence-corrected chi connectivity index (χ3v) is 3.76. The molecule has 2 rings (SSSR count). The van der Waals surface area contributed by atoms with Crippen molar-refractivity contribution < 1.29 is 18.6 Å². The molecule has 4 nitrogen and oxygen atoms in total. The third-order valence-electron chi connectivity index (χ3n) is 3.20. The summed E-state index contributed by atoms with van der Waals surface area (Å²) in [6.45, 7) is 0.439. The summed E-state index contributed by atoms with van der Waals surface area (Å²) in [5, 5.41) is 3.05. The van der Waals surface area contributed by atoms with Crippen LogP contribution in [0.25, 0.3) is 0 Å². The highest BCUT2D eigenvalue weighted by Crippen LogP contribution is 2.38. The van der Waals surface area contributed by atoms with Crippen molar-refractivity contribution in [3.05, 3.63) is 45.7 Å². The molecule has 0 spiro atoms. The lowest BCUT2D eigenvalue weighted by Gasteiger charge is -2.15. The van der Waals surface area contributed by atoms with Crippen LogP contribution in [-0.2, 0) is 6.54 Å². The molecule has 0 aliphatic rings. The number of rotatable bonds is 6. The van der Waals surface area contributed by atoms with Crippen molar-refractivity contribution in [3.63, 3.8) is 0 Å². The molecule has 2 aromatic rings. The Morgan fingerprint density at radius 3 is 1.87 bits per heavy atom. The fraction of sp³-hybridized carbons (Fsp3) is 0.250. The average molecular weight is 360 g/mol. The fourth-order valence-corrected chi connectivity index (χ4v) is 2.59. The van der Waals surface area contributed by atoms with Gasteiger partial charge in [0.15, 0.2) is 17.3 Å². The van der Waals surface area contributed by atoms with Crippen LogP contribution in [0, 0.1) is 5.82 Å². The largest absolute Gasteiger partial charge is 0.493 e. The Morgan fingerprint density at radius 1 is 0.913 bits per heavy atom. The first-order valence-corrected chi connectivity index (χ1v) is 7.43. The lowest BCUT2D eigenvalue weighted by molar-refractivity contribution is 0.324. The molecule has 0 saturated heterocycles. The monoisotopic (exact) mass is 359 g/mol. The maximum Gasteiger partial charge on any atom is 0.203 e. The van der Waals surface area contributed by atoms with Gasteiger partial charge >= 0.3 is 0 Å². The van der Waals surface area contributed by atoms with Crippen molar-refractivity contribution in [3.8, 4) is 17.2 Å². The highest BCUT2D eigenvalue weighted by Gasteiger charge is 2.13. The van der Waals surface area contributed by atoms with E-state index in [1.54, 1.807) is 21.3 Å². The number of halogens is 3. The lowest BCUT2D eigenvalue weighted by atomic mass is 10.1. The Balaban J connectivity index is 2.24. The Kier molecular flexibility index (Phi) is 5.80. The summed E-state index contributed by atoms with van der Waals surface area (Å²) in [6.07, 6.45) is 0. The van der Waals surface area contributed by atoms with Crippen LogP contribution < -0.4 is 19.5 Å². The van der Waals surface area contributed by atoms with E-state index in [9.17, 15) is 4.39 Å². The highest BCUT2D eigenvalue weighted by atomic mass is 35.5. The maximum atomic E-state index is 13.4. The van der Waals surface area contributed by atoms with Crippen molar-refractivity contribution in [2.24, 2.45) is 0 Å². The number of benzene rings is 2. The third kappa shape index (κ3) is 3.92. The molecule has 23 heavy (non-hydrogen) atoms. The SMILES string of the molecule is COc1cc(CNc2cc(Cl)c(F)c(Cl)c2)cc(OC)c1OC. The van der Waals surface area contributed by atoms with E-state index in [1.807, 2.05) is 12.1 Å². The zero-order valence-corrected chi connectivity index (χ0v) is 14.4. The van der Waals surface area contributed by atoms with Gasteiger partial charge in [-0.05, 0) is 29.8 Å². The van der Waals surface area contributed by atoms with E-state index in [1.165, 1.54) is 12.1 Å². The summed E-state index contributed by atoms with van der Waals surface area (Å²) in [5.74, 6) is 0.996. The molecule has 0 unspecified atom stereocenters. The normalized spacial score (nSPS) is 10.3. The number of nitrogens with one attached hydrogen (secondary N) is 1. The van der Waals surface area contributed by atoms with Gasteiger partial charge in [-0.15, -0.1) is 0 Å². The van der Waals surface area contributed by atoms with Crippen LogP contribution in [0.4, 0.5) is 10.1 Å². The Morgan fingerprint density at radius 2 is 1.43 bits per heavy atom. The predicted molar refractivity (Wildman–Crippen MR) is 89.8 cm³/mol. The summed E-state index contributed by atoms with van der Waals surface area (Å²) in [7, 11) is 4.64. The number of ether oxygens (including phenoxy) is 3. The molecule has 124 valence electrons. The van der Waals surface area contributed by atoms with Gasteiger partial charge in [-0.3, -0.25) is 0 Å². The van der Waals surface area contributed by atoms with Crippen LogP contribution in [0.1, 0.15) is 5.56 Å². The standard InChI is InChI=1S/C16H16Cl2FNO3/c1-21-13-4-9(5-14(22-2)16(13)23-3)8-20-10-6-11(17)15(19)12(18)7-10/h4-7,20H,8H2,1-3H3. The summed E-state index contributed by atoms with van der Waals surface area (Å²) in [6, 6.07) is 6.59. The summed E-state index contributed by atoms with van der Waals surface area (Å²) < 4.78 is 29.3. The number of hydrogen-bond acceptors (Lipinski definition) is 4. The minimum absolute atomic E-state index is 0.0371. The fourth-order valence-electron chi connectivity index (χ4n) is 2.10. The van der Waals surface area contributed by atoms with Crippen molar-refractivity contribution in [1.29, 1.82) is 0 Å². The quantitative estimate of drug-likeness (QED) is 0.754. The highest BCUT2D eigenvalue weighted by molar-refractivity contribution is 6.35. The molecule has 7 heteroatoms. The molecule has 0 bridgehead atoms. The first kappa shape index (κ1) is 17.5. The molecule has 0 saturated carbocycles. The lowest BCUT2D eigenvalue weighted by Crippen LogP contribution is -2.02. The molecule has 0 atom stereocenters. The molecular weight excluding hydrogens is 344 g/mol. The van der Waals surface area contributed by atoms with Gasteiger partial charge in [0.1, 0.15) is 0 Å². The summed E-state index contributed by atoms with van der Waals surface area (Å²) in [5.41, 5.74) is 1.49. The van der Waals surface area contributed by atoms with Crippen molar-refractivity contribution >= 4 is 28.9 Å². The van der Waals surface area contributed by atoms with Gasteiger partial charge < -0.3 is 19.5 Å². The van der Waals surface area contributed by atoms with Crippen LogP contribution in [0.15, 0.2) is 24.3 Å². The molecule has 0 aromatic heterocycles. The van der Waals surface area contributed by atoms with Crippen LogP contribution in [0.5, 0.6) is 17.2 Å². The minimum atomic E-state index is -0.633. The number of anilines is 1. The van der Waals surface area contributed by atoms with Gasteiger partial charge in [-0.2, -0.15) is 0 Å². The number of methoxy groups -OCH3 is 3. The minimum Gasteiger partial charge on any atom is -0.493 e. The van der Waals surface area contributed by atoms with Gasteiger partial charge in [0.05, 0.1) is 31.4 Å². The van der Waals surface area contributed by atoms with Gasteiger partial charge in [-0.25, -0.2) is 4.39 Å². The summed E-state index contributed by atoms with van der Waals surface area (Å²) in [4.78, 5) is 0. The first-order chi connectivity index (χ1) is 11.0. The van der Waals surface area contributed by atoms with Crippen LogP contribution in [0.2, 0.25) is 10.0 Å². The van der Waals surface area contributed by atoms with E-state index in [-0.39, 0.29) is 10.0 Å². The van der Waals surface area contributed by atoms with Gasteiger partial charge in [0.2, 0.25) is 5.75 Å². The molecular formula is C16H16Cl2FNO3. The first-order valence-electron chi connectivity index (χ1n) is 6.67. The van der Waals surface area contributed by atoms with Crippen molar-refractivity contribution in [2.75, 3.05) is 26.6 Å². The second-order valence-electron chi connectivity index (χ2n) is 4.64. The van der Waals surface area contributed by atoms with E-state index in [4.69, 9.17) is 37.4 Å². The zero-order valence-electron chi connectivity index (χ0n) is 12.9. The second kappa shape index (κ2) is 7.62. The second-order valence-corrected chi connectivity index (χ2v) is 5.46. The van der Waals surface area contributed by atoms with E-state index in [0.29, 0.717) is 29.5 Å². The Bertz CT molecular complexity index is 662. The van der Waals surface area contributed by atoms with Crippen LogP contribution in [0.3, 0.4) is 0 Å². The van der Waals surface area contributed by atoms with Gasteiger partial charge in [0, 0.05) is 12.2 Å². The number of hydrogen-bond donors (Lipinski definition) is 1. The van der Waals surface area contributed by atoms with Crippen molar-refractivity contribution in [1.82, 2.24) is 0 Å². The molecule has 0 aliphatic carbocycles. The van der Waals surface area contributed by atoms with Gasteiger partial charge in [0.25, 0.3) is 0 Å². The van der Waals surface area contributed by atoms with Crippen LogP contribution in [-0.4, -0.2) is 21.3 Å². The molecule has 0 heterocycles. The van der Waals surface area contributed by atoms with Gasteiger partial charge in [-0.1, -0.05) is 23.2 Å². The van der Waals surface area contributed by atoms with E-state index in [0.717, 1.165) is 5.56 Å². The predicted octanol–water partition coefficient (Wildman–Crippen LogP) is 4.77. The summed E-state index contributed by atoms with van der Waals surface area (Å²) >= 11 is 11.6. The topological polar surface area (TPSA) is 39.7 Å². The average Bonchev–Trinajstić information content (AvgIpc) is 2.56. The van der Waals surface area contributed by atoms with Crippen molar-refractivity contribution in [2.45, 2.75) is 6.54 Å². The molecule has 0 radical (unpaired) electrons. The Hall–Kier alpha value is -1.85. The van der Waals surface area contributed by atoms with E-state index >= 15 is 0 Å². The molecule has 1 N–H and O–H groups in total. The van der Waals surface area contributed by atoms with E-state index in [2.05, 4.69) is 5.32 Å². The zero-order chi connectivity index (χ0) is 17.0. The molecule has 2 aromatic carbocycles. The molecule has 0 aliphatic heterocycles. The Labute approximate surface area is 144 Å². The van der Waals surface area contributed by atoms with E-state index < -0.39 is 5.82 Å². The maximum absolute atomic E-state index is 13.4. The molecule has 0 amide bonds. The molecule has 0 fully saturated rings.